The van der Waals surface area contributed by atoms with Gasteiger partial charge in [-0.25, -0.2) is 0 Å². The van der Waals surface area contributed by atoms with Crippen LogP contribution < -0.4 is 0 Å². The summed E-state index contributed by atoms with van der Waals surface area (Å²) in [4.78, 5) is 2.65. The van der Waals surface area contributed by atoms with Crippen molar-refractivity contribution in [1.82, 2.24) is 4.90 Å². The number of likely N-dealkylation sites (N-methyl/N-ethyl adjacent to an activating group) is 1. The fourth-order valence-corrected chi connectivity index (χ4v) is 4.45. The lowest BCUT2D eigenvalue weighted by Crippen LogP contribution is -2.53. The first-order chi connectivity index (χ1) is 9.43. The van der Waals surface area contributed by atoms with Gasteiger partial charge in [-0.2, -0.15) is 0 Å². The molecule has 3 unspecified atom stereocenters. The average molecular weight is 281 g/mol. The van der Waals surface area contributed by atoms with Gasteiger partial charge in [-0.05, 0) is 50.0 Å². The van der Waals surface area contributed by atoms with Gasteiger partial charge in [0, 0.05) is 12.1 Å². The van der Waals surface area contributed by atoms with Gasteiger partial charge >= 0.3 is 0 Å². The zero-order chi connectivity index (χ0) is 14.8. The molecule has 1 N–H and O–H groups in total. The van der Waals surface area contributed by atoms with Crippen molar-refractivity contribution in [2.75, 3.05) is 6.54 Å². The van der Waals surface area contributed by atoms with E-state index < -0.39 is 0 Å². The number of hydrogen-bond donors (Lipinski definition) is 1. The number of aliphatic hydroxyl groups is 1. The van der Waals surface area contributed by atoms with E-state index in [1.165, 1.54) is 44.9 Å². The molecule has 0 saturated heterocycles. The smallest absolute Gasteiger partial charge is 0.0695 e. The van der Waals surface area contributed by atoms with Crippen LogP contribution in [0.4, 0.5) is 0 Å². The third-order valence-electron chi connectivity index (χ3n) is 5.84. The highest BCUT2D eigenvalue weighted by Gasteiger charge is 2.39. The Bertz CT molecular complexity index is 290. The molecule has 0 aliphatic heterocycles. The van der Waals surface area contributed by atoms with Crippen molar-refractivity contribution in [1.29, 1.82) is 0 Å². The molecule has 3 atom stereocenters. The molecular weight excluding hydrogens is 246 g/mol. The summed E-state index contributed by atoms with van der Waals surface area (Å²) < 4.78 is 0. The summed E-state index contributed by atoms with van der Waals surface area (Å²) in [6.07, 6.45) is 10.1. The number of aliphatic hydroxyl groups excluding tert-OH is 1. The summed E-state index contributed by atoms with van der Waals surface area (Å²) in [5.74, 6) is 0.758. The van der Waals surface area contributed by atoms with Crippen LogP contribution in [0.1, 0.15) is 79.1 Å². The Kier molecular flexibility index (Phi) is 5.53. The molecule has 118 valence electrons. The highest BCUT2D eigenvalue weighted by molar-refractivity contribution is 4.93. The zero-order valence-corrected chi connectivity index (χ0v) is 14.1. The molecule has 0 aromatic rings. The molecule has 2 aliphatic rings. The van der Waals surface area contributed by atoms with Crippen molar-refractivity contribution in [3.8, 4) is 0 Å². The normalized spacial score (nSPS) is 33.6. The maximum atomic E-state index is 10.5. The van der Waals surface area contributed by atoms with Crippen LogP contribution in [0, 0.1) is 11.3 Å². The Labute approximate surface area is 125 Å². The predicted molar refractivity (Wildman–Crippen MR) is 85.8 cm³/mol. The first kappa shape index (κ1) is 16.3. The largest absolute Gasteiger partial charge is 0.391 e. The molecule has 0 aromatic heterocycles. The second-order valence-electron chi connectivity index (χ2n) is 8.13. The minimum absolute atomic E-state index is 0.101. The summed E-state index contributed by atoms with van der Waals surface area (Å²) in [5.41, 5.74) is 0.379. The number of hydrogen-bond acceptors (Lipinski definition) is 2. The van der Waals surface area contributed by atoms with E-state index >= 15 is 0 Å². The maximum absolute atomic E-state index is 10.5. The van der Waals surface area contributed by atoms with Gasteiger partial charge in [0.1, 0.15) is 0 Å². The lowest BCUT2D eigenvalue weighted by Gasteiger charge is -2.47. The summed E-state index contributed by atoms with van der Waals surface area (Å²) in [6.45, 7) is 10.5. The zero-order valence-electron chi connectivity index (χ0n) is 14.1. The molecule has 0 heterocycles. The Morgan fingerprint density at radius 3 is 2.20 bits per heavy atom. The van der Waals surface area contributed by atoms with Gasteiger partial charge in [-0.15, -0.1) is 0 Å². The molecule has 2 rings (SSSR count). The molecule has 20 heavy (non-hydrogen) atoms. The van der Waals surface area contributed by atoms with Crippen LogP contribution in [0.25, 0.3) is 0 Å². The summed E-state index contributed by atoms with van der Waals surface area (Å²) in [7, 11) is 0. The number of nitrogens with zero attached hydrogens (tertiary/aromatic N) is 1. The number of rotatable bonds is 3. The molecule has 0 aromatic carbocycles. The standard InChI is InChI=1S/C18H35NO/c1-5-19(15-9-7-6-8-10-15)16-13-14(18(2,3)4)11-12-17(16)20/h14-17,20H,5-13H2,1-4H3. The van der Waals surface area contributed by atoms with Crippen LogP contribution in [0.15, 0.2) is 0 Å². The van der Waals surface area contributed by atoms with Crippen LogP contribution in [0.5, 0.6) is 0 Å². The molecule has 2 fully saturated rings. The minimum atomic E-state index is -0.101. The van der Waals surface area contributed by atoms with E-state index in [1.807, 2.05) is 0 Å². The lowest BCUT2D eigenvalue weighted by atomic mass is 9.69. The van der Waals surface area contributed by atoms with Gasteiger partial charge in [-0.1, -0.05) is 47.0 Å². The van der Waals surface area contributed by atoms with Crippen LogP contribution >= 0.6 is 0 Å². The Hall–Kier alpha value is -0.0800. The molecule has 2 saturated carbocycles. The molecular formula is C18H35NO. The molecule has 0 spiro atoms. The summed E-state index contributed by atoms with van der Waals surface area (Å²) >= 11 is 0. The van der Waals surface area contributed by atoms with Crippen molar-refractivity contribution in [2.45, 2.75) is 97.2 Å². The van der Waals surface area contributed by atoms with Crippen LogP contribution in [0.3, 0.4) is 0 Å². The quantitative estimate of drug-likeness (QED) is 0.837. The van der Waals surface area contributed by atoms with E-state index in [0.29, 0.717) is 11.5 Å². The molecule has 0 radical (unpaired) electrons. The molecule has 2 nitrogen and oxygen atoms in total. The van der Waals surface area contributed by atoms with Crippen LogP contribution in [-0.4, -0.2) is 34.7 Å². The van der Waals surface area contributed by atoms with Crippen LogP contribution in [0.2, 0.25) is 0 Å². The topological polar surface area (TPSA) is 23.5 Å². The van der Waals surface area contributed by atoms with Crippen molar-refractivity contribution < 1.29 is 5.11 Å². The lowest BCUT2D eigenvalue weighted by molar-refractivity contribution is -0.0372. The van der Waals surface area contributed by atoms with E-state index in [2.05, 4.69) is 32.6 Å². The van der Waals surface area contributed by atoms with Gasteiger partial charge < -0.3 is 5.11 Å². The minimum Gasteiger partial charge on any atom is -0.391 e. The molecule has 2 heteroatoms. The second-order valence-corrected chi connectivity index (χ2v) is 8.13. The van der Waals surface area contributed by atoms with Gasteiger partial charge in [0.15, 0.2) is 0 Å². The van der Waals surface area contributed by atoms with Gasteiger partial charge in [0.25, 0.3) is 0 Å². The SMILES string of the molecule is CCN(C1CCCCC1)C1CC(C(C)(C)C)CCC1O. The molecule has 2 aliphatic carbocycles. The van der Waals surface area contributed by atoms with E-state index in [9.17, 15) is 5.11 Å². The van der Waals surface area contributed by atoms with Gasteiger partial charge in [0.2, 0.25) is 0 Å². The first-order valence-electron chi connectivity index (χ1n) is 8.87. The van der Waals surface area contributed by atoms with Crippen molar-refractivity contribution in [2.24, 2.45) is 11.3 Å². The Balaban J connectivity index is 2.05. The van der Waals surface area contributed by atoms with Gasteiger partial charge in [0.05, 0.1) is 6.10 Å². The monoisotopic (exact) mass is 281 g/mol. The van der Waals surface area contributed by atoms with E-state index in [4.69, 9.17) is 0 Å². The fraction of sp³-hybridized carbons (Fsp3) is 1.00. The Morgan fingerprint density at radius 2 is 1.65 bits per heavy atom. The third-order valence-corrected chi connectivity index (χ3v) is 5.84. The average Bonchev–Trinajstić information content (AvgIpc) is 2.41. The highest BCUT2D eigenvalue weighted by Crippen LogP contribution is 2.40. The van der Waals surface area contributed by atoms with Crippen molar-refractivity contribution in [3.05, 3.63) is 0 Å². The maximum Gasteiger partial charge on any atom is 0.0695 e. The van der Waals surface area contributed by atoms with Gasteiger partial charge in [-0.3, -0.25) is 4.90 Å². The van der Waals surface area contributed by atoms with E-state index in [1.54, 1.807) is 0 Å². The van der Waals surface area contributed by atoms with E-state index in [0.717, 1.165) is 24.9 Å². The molecule has 0 amide bonds. The second kappa shape index (κ2) is 6.79. The predicted octanol–water partition coefficient (Wildman–Crippen LogP) is 4.22. The van der Waals surface area contributed by atoms with E-state index in [-0.39, 0.29) is 6.10 Å². The fourth-order valence-electron chi connectivity index (χ4n) is 4.45. The highest BCUT2D eigenvalue weighted by atomic mass is 16.3. The first-order valence-corrected chi connectivity index (χ1v) is 8.87. The third kappa shape index (κ3) is 3.76. The van der Waals surface area contributed by atoms with Crippen LogP contribution in [-0.2, 0) is 0 Å². The summed E-state index contributed by atoms with van der Waals surface area (Å²) in [6, 6.07) is 1.13. The van der Waals surface area contributed by atoms with Crippen molar-refractivity contribution >= 4 is 0 Å². The Morgan fingerprint density at radius 1 is 1.00 bits per heavy atom. The van der Waals surface area contributed by atoms with Crippen molar-refractivity contribution in [3.63, 3.8) is 0 Å². The molecule has 0 bridgehead atoms. The summed E-state index contributed by atoms with van der Waals surface area (Å²) in [5, 5.41) is 10.5.